The second-order valence-electron chi connectivity index (χ2n) is 4.22. The molecule has 22 heavy (non-hydrogen) atoms. The summed E-state index contributed by atoms with van der Waals surface area (Å²) in [5, 5.41) is 9.42. The molecule has 2 heterocycles. The van der Waals surface area contributed by atoms with Gasteiger partial charge in [0.05, 0.1) is 12.0 Å². The molecule has 0 radical (unpaired) electrons. The first-order valence-corrected chi connectivity index (χ1v) is 7.46. The van der Waals surface area contributed by atoms with Gasteiger partial charge in [0.2, 0.25) is 0 Å². The number of aryl methyl sites for hydroxylation is 1. The third-order valence-corrected chi connectivity index (χ3v) is 4.00. The Morgan fingerprint density at radius 1 is 1.59 bits per heavy atom. The van der Waals surface area contributed by atoms with E-state index in [1.807, 2.05) is 6.92 Å². The number of nitriles is 1. The molecule has 0 spiro atoms. The van der Waals surface area contributed by atoms with E-state index in [1.165, 1.54) is 17.7 Å². The zero-order chi connectivity index (χ0) is 16.1. The highest BCUT2D eigenvalue weighted by Gasteiger charge is 2.11. The van der Waals surface area contributed by atoms with Crippen molar-refractivity contribution in [1.82, 2.24) is 9.66 Å². The number of fused-ring (bicyclic) bond motifs is 1. The number of ether oxygens (including phenoxy) is 1. The fraction of sp³-hybridized carbons (Fsp3) is 0.286. The Morgan fingerprint density at radius 3 is 3.00 bits per heavy atom. The lowest BCUT2D eigenvalue weighted by atomic mass is 10.3. The third kappa shape index (κ3) is 3.15. The highest BCUT2D eigenvalue weighted by atomic mass is 32.1. The first kappa shape index (κ1) is 15.7. The van der Waals surface area contributed by atoms with Gasteiger partial charge in [0, 0.05) is 11.1 Å². The van der Waals surface area contributed by atoms with Crippen LogP contribution in [0.15, 0.2) is 29.0 Å². The van der Waals surface area contributed by atoms with Crippen LogP contribution in [-0.4, -0.2) is 22.2 Å². The first-order chi connectivity index (χ1) is 10.6. The van der Waals surface area contributed by atoms with Crippen molar-refractivity contribution in [2.24, 2.45) is 0 Å². The van der Waals surface area contributed by atoms with Crippen molar-refractivity contribution >= 4 is 27.5 Å². The second-order valence-corrected chi connectivity index (χ2v) is 5.34. The van der Waals surface area contributed by atoms with Crippen molar-refractivity contribution in [3.05, 3.63) is 39.4 Å². The standard InChI is InChI=1S/C14H14N4O3S/c1-3-10-5-11-12(22-10)16-8-18(13(11)19)17-7-9(6-15)14(20)21-4-2/h5,7-8,17H,3-4H2,1-2H3/b9-7+. The van der Waals surface area contributed by atoms with Crippen LogP contribution < -0.4 is 11.0 Å². The lowest BCUT2D eigenvalue weighted by Crippen LogP contribution is -2.26. The Morgan fingerprint density at radius 2 is 2.36 bits per heavy atom. The maximum Gasteiger partial charge on any atom is 0.350 e. The Kier molecular flexibility index (Phi) is 4.91. The number of hydrogen-bond acceptors (Lipinski definition) is 7. The van der Waals surface area contributed by atoms with Crippen molar-refractivity contribution < 1.29 is 9.53 Å². The van der Waals surface area contributed by atoms with Crippen molar-refractivity contribution in [2.45, 2.75) is 20.3 Å². The summed E-state index contributed by atoms with van der Waals surface area (Å²) in [4.78, 5) is 29.7. The van der Waals surface area contributed by atoms with Gasteiger partial charge in [-0.1, -0.05) is 6.92 Å². The van der Waals surface area contributed by atoms with Gasteiger partial charge in [-0.15, -0.1) is 11.3 Å². The largest absolute Gasteiger partial charge is 0.462 e. The minimum absolute atomic E-state index is 0.167. The molecule has 0 aliphatic heterocycles. The monoisotopic (exact) mass is 318 g/mol. The molecule has 0 aromatic carbocycles. The number of aromatic nitrogens is 2. The summed E-state index contributed by atoms with van der Waals surface area (Å²) in [6, 6.07) is 3.52. The van der Waals surface area contributed by atoms with Gasteiger partial charge in [0.25, 0.3) is 5.56 Å². The van der Waals surface area contributed by atoms with E-state index in [2.05, 4.69) is 10.4 Å². The summed E-state index contributed by atoms with van der Waals surface area (Å²) in [7, 11) is 0. The molecule has 2 aromatic heterocycles. The SMILES string of the molecule is CCOC(=O)/C(C#N)=C/Nn1cnc2sc(CC)cc2c1=O. The molecule has 2 aromatic rings. The average molecular weight is 318 g/mol. The van der Waals surface area contributed by atoms with E-state index in [0.717, 1.165) is 22.2 Å². The molecule has 0 unspecified atom stereocenters. The molecular formula is C14H14N4O3S. The summed E-state index contributed by atoms with van der Waals surface area (Å²) < 4.78 is 5.85. The van der Waals surface area contributed by atoms with Crippen molar-refractivity contribution in [3.63, 3.8) is 0 Å². The highest BCUT2D eigenvalue weighted by molar-refractivity contribution is 7.18. The fourth-order valence-electron chi connectivity index (χ4n) is 1.72. The molecule has 7 nitrogen and oxygen atoms in total. The van der Waals surface area contributed by atoms with Crippen molar-refractivity contribution in [3.8, 4) is 6.07 Å². The number of nitrogens with zero attached hydrogens (tertiary/aromatic N) is 3. The Bertz CT molecular complexity index is 829. The molecule has 114 valence electrons. The van der Waals surface area contributed by atoms with Crippen LogP contribution in [-0.2, 0) is 16.0 Å². The van der Waals surface area contributed by atoms with Gasteiger partial charge in [0.15, 0.2) is 5.57 Å². The Hall–Kier alpha value is -2.66. The minimum Gasteiger partial charge on any atom is -0.462 e. The fourth-order valence-corrected chi connectivity index (χ4v) is 2.64. The Balaban J connectivity index is 2.32. The zero-order valence-corrected chi connectivity index (χ0v) is 12.9. The molecule has 0 aliphatic rings. The van der Waals surface area contributed by atoms with Crippen molar-refractivity contribution in [2.75, 3.05) is 12.0 Å². The predicted molar refractivity (Wildman–Crippen MR) is 82.9 cm³/mol. The molecule has 0 bridgehead atoms. The molecule has 2 rings (SSSR count). The zero-order valence-electron chi connectivity index (χ0n) is 12.1. The molecule has 8 heteroatoms. The smallest absolute Gasteiger partial charge is 0.350 e. The van der Waals surface area contributed by atoms with Gasteiger partial charge < -0.3 is 4.74 Å². The van der Waals surface area contributed by atoms with Crippen LogP contribution in [0.25, 0.3) is 10.2 Å². The number of rotatable bonds is 5. The maximum absolute atomic E-state index is 12.3. The molecule has 0 aliphatic carbocycles. The number of hydrogen-bond donors (Lipinski definition) is 1. The van der Waals surface area contributed by atoms with E-state index in [9.17, 15) is 9.59 Å². The molecular weight excluding hydrogens is 304 g/mol. The van der Waals surface area contributed by atoms with E-state index in [-0.39, 0.29) is 17.7 Å². The minimum atomic E-state index is -0.747. The van der Waals surface area contributed by atoms with Crippen LogP contribution >= 0.6 is 11.3 Å². The van der Waals surface area contributed by atoms with Gasteiger partial charge in [-0.3, -0.25) is 10.2 Å². The maximum atomic E-state index is 12.3. The average Bonchev–Trinajstić information content (AvgIpc) is 2.94. The summed E-state index contributed by atoms with van der Waals surface area (Å²) in [6.07, 6.45) is 3.27. The van der Waals surface area contributed by atoms with E-state index in [1.54, 1.807) is 19.1 Å². The van der Waals surface area contributed by atoms with Gasteiger partial charge in [-0.05, 0) is 19.4 Å². The first-order valence-electron chi connectivity index (χ1n) is 6.64. The topological polar surface area (TPSA) is 97.0 Å². The van der Waals surface area contributed by atoms with Crippen LogP contribution in [0.2, 0.25) is 0 Å². The van der Waals surface area contributed by atoms with E-state index < -0.39 is 5.97 Å². The summed E-state index contributed by atoms with van der Waals surface area (Å²) in [6.45, 7) is 3.81. The van der Waals surface area contributed by atoms with Crippen LogP contribution in [0.4, 0.5) is 0 Å². The number of carbonyl (C=O) groups is 1. The van der Waals surface area contributed by atoms with Crippen molar-refractivity contribution in [1.29, 1.82) is 5.26 Å². The van der Waals surface area contributed by atoms with E-state index in [0.29, 0.717) is 10.2 Å². The van der Waals surface area contributed by atoms with Crippen LogP contribution in [0.5, 0.6) is 0 Å². The summed E-state index contributed by atoms with van der Waals surface area (Å²) >= 11 is 1.47. The molecule has 0 saturated heterocycles. The summed E-state index contributed by atoms with van der Waals surface area (Å²) in [5.74, 6) is -0.747. The van der Waals surface area contributed by atoms with Gasteiger partial charge in [-0.2, -0.15) is 5.26 Å². The number of esters is 1. The number of thiophene rings is 1. The van der Waals surface area contributed by atoms with Crippen LogP contribution in [0.1, 0.15) is 18.7 Å². The number of carbonyl (C=O) groups excluding carboxylic acids is 1. The Labute approximate surface area is 130 Å². The van der Waals surface area contributed by atoms with E-state index >= 15 is 0 Å². The molecule has 1 N–H and O–H groups in total. The lowest BCUT2D eigenvalue weighted by molar-refractivity contribution is -0.138. The predicted octanol–water partition coefficient (Wildman–Crippen LogP) is 1.53. The normalized spacial score (nSPS) is 11.2. The van der Waals surface area contributed by atoms with Gasteiger partial charge >= 0.3 is 5.97 Å². The van der Waals surface area contributed by atoms with Crippen LogP contribution in [0.3, 0.4) is 0 Å². The summed E-state index contributed by atoms with van der Waals surface area (Å²) in [5.41, 5.74) is 2.06. The van der Waals surface area contributed by atoms with Crippen LogP contribution in [0, 0.1) is 11.3 Å². The quantitative estimate of drug-likeness (QED) is 0.510. The third-order valence-electron chi connectivity index (χ3n) is 2.82. The molecule has 0 amide bonds. The second kappa shape index (κ2) is 6.87. The molecule has 0 fully saturated rings. The van der Waals surface area contributed by atoms with Gasteiger partial charge in [0.1, 0.15) is 17.2 Å². The molecule has 0 saturated carbocycles. The molecule has 0 atom stereocenters. The van der Waals surface area contributed by atoms with E-state index in [4.69, 9.17) is 10.00 Å². The lowest BCUT2D eigenvalue weighted by Gasteiger charge is -2.05. The number of nitrogens with one attached hydrogen (secondary N) is 1. The highest BCUT2D eigenvalue weighted by Crippen LogP contribution is 2.20. The van der Waals surface area contributed by atoms with Gasteiger partial charge in [-0.25, -0.2) is 14.5 Å².